The molecule has 214 valence electrons. The summed E-state index contributed by atoms with van der Waals surface area (Å²) >= 11 is 1.31. The maximum atomic E-state index is 14.1. The van der Waals surface area contributed by atoms with Gasteiger partial charge in [0.15, 0.2) is 0 Å². The van der Waals surface area contributed by atoms with Crippen LogP contribution < -0.4 is 4.90 Å². The van der Waals surface area contributed by atoms with E-state index in [1.54, 1.807) is 4.90 Å². The molecule has 8 nitrogen and oxygen atoms in total. The molecule has 3 fully saturated rings. The minimum absolute atomic E-state index is 0.0696. The third-order valence-electron chi connectivity index (χ3n) is 8.92. The number of carbonyl (C=O) groups excluding carboxylic acids is 2. The Hall–Kier alpha value is -2.39. The molecule has 0 radical (unpaired) electrons. The molecule has 4 aliphatic rings. The number of thiophene rings is 1. The first-order valence-electron chi connectivity index (χ1n) is 14.8. The number of ether oxygens (including phenoxy) is 2. The third kappa shape index (κ3) is 6.68. The molecular weight excluding hydrogens is 516 g/mol. The van der Waals surface area contributed by atoms with Crippen LogP contribution >= 0.6 is 11.3 Å². The van der Waals surface area contributed by atoms with Crippen LogP contribution in [0.5, 0.6) is 0 Å². The Morgan fingerprint density at radius 3 is 2.38 bits per heavy atom. The average molecular weight is 559 g/mol. The highest BCUT2D eigenvalue weighted by molar-refractivity contribution is 7.15. The predicted octanol–water partition coefficient (Wildman–Crippen LogP) is 6.34. The number of rotatable bonds is 6. The molecule has 9 heteroatoms. The Morgan fingerprint density at radius 1 is 1.03 bits per heavy atom. The summed E-state index contributed by atoms with van der Waals surface area (Å²) in [5.74, 6) is -0.349. The first-order chi connectivity index (χ1) is 18.9. The second-order valence-electron chi connectivity index (χ2n) is 11.7. The Balaban J connectivity index is 1.36. The molecule has 1 N–H and O–H groups in total. The molecule has 39 heavy (non-hydrogen) atoms. The van der Waals surface area contributed by atoms with Crippen molar-refractivity contribution in [3.05, 3.63) is 21.9 Å². The van der Waals surface area contributed by atoms with Crippen molar-refractivity contribution in [2.75, 3.05) is 31.2 Å². The molecule has 1 aliphatic heterocycles. The highest BCUT2D eigenvalue weighted by Crippen LogP contribution is 2.42. The molecule has 0 atom stereocenters. The summed E-state index contributed by atoms with van der Waals surface area (Å²) in [4.78, 5) is 44.0. The average Bonchev–Trinajstić information content (AvgIpc) is 3.41. The molecule has 2 saturated carbocycles. The van der Waals surface area contributed by atoms with Gasteiger partial charge in [0.1, 0.15) is 11.0 Å². The van der Waals surface area contributed by atoms with Crippen LogP contribution in [0.3, 0.4) is 0 Å². The molecular formula is C30H42N2O6S. The van der Waals surface area contributed by atoms with Crippen LogP contribution in [0.2, 0.25) is 0 Å². The second kappa shape index (κ2) is 12.9. The Labute approximate surface area is 235 Å². The minimum atomic E-state index is -0.971. The first kappa shape index (κ1) is 28.1. The van der Waals surface area contributed by atoms with E-state index in [-0.39, 0.29) is 34.9 Å². The number of hydrogen-bond acceptors (Lipinski definition) is 6. The van der Waals surface area contributed by atoms with E-state index in [1.165, 1.54) is 16.9 Å². The fourth-order valence-corrected chi connectivity index (χ4v) is 7.57. The molecule has 0 bridgehead atoms. The van der Waals surface area contributed by atoms with Crippen molar-refractivity contribution in [2.45, 2.75) is 96.1 Å². The summed E-state index contributed by atoms with van der Waals surface area (Å²) in [6.45, 7) is 4.40. The summed E-state index contributed by atoms with van der Waals surface area (Å²) in [6.07, 6.45) is 12.5. The molecule has 5 rings (SSSR count). The lowest BCUT2D eigenvalue weighted by Gasteiger charge is -2.39. The van der Waals surface area contributed by atoms with Gasteiger partial charge in [0.25, 0.3) is 0 Å². The standard InChI is InChI=1S/C30H42N2O6S/c1-20-7-9-22(10-8-20)28(33)32(25-19-26(39-27(25)29(34)35)21-5-3-2-4-6-21)23-11-13-24(14-12-23)38-30(36)31-15-17-37-18-16-31/h5,19-20,22-24H,2-4,6-18H2,1H3,(H,34,35)/t20-,22-,23?,24?. The van der Waals surface area contributed by atoms with Crippen LogP contribution in [0.4, 0.5) is 10.5 Å². The van der Waals surface area contributed by atoms with Crippen molar-refractivity contribution in [2.24, 2.45) is 11.8 Å². The van der Waals surface area contributed by atoms with Crippen molar-refractivity contribution in [1.82, 2.24) is 4.90 Å². The third-order valence-corrected chi connectivity index (χ3v) is 10.1. The molecule has 2 heterocycles. The summed E-state index contributed by atoms with van der Waals surface area (Å²) in [5.41, 5.74) is 1.77. The van der Waals surface area contributed by atoms with Crippen LogP contribution in [0.25, 0.3) is 5.57 Å². The van der Waals surface area contributed by atoms with E-state index >= 15 is 0 Å². The number of nitrogens with zero attached hydrogens (tertiary/aromatic N) is 2. The zero-order valence-corrected chi connectivity index (χ0v) is 23.9. The number of carbonyl (C=O) groups is 3. The van der Waals surface area contributed by atoms with Gasteiger partial charge in [-0.2, -0.15) is 0 Å². The monoisotopic (exact) mass is 558 g/mol. The number of hydrogen-bond donors (Lipinski definition) is 1. The lowest BCUT2D eigenvalue weighted by atomic mass is 9.81. The fourth-order valence-electron chi connectivity index (χ4n) is 6.52. The number of carboxylic acid groups (broad SMARTS) is 1. The van der Waals surface area contributed by atoms with Crippen molar-refractivity contribution >= 4 is 40.6 Å². The van der Waals surface area contributed by atoms with E-state index in [0.717, 1.165) is 56.2 Å². The van der Waals surface area contributed by atoms with Crippen LogP contribution in [0.1, 0.15) is 98.5 Å². The van der Waals surface area contributed by atoms with Gasteiger partial charge in [0.05, 0.1) is 18.9 Å². The lowest BCUT2D eigenvalue weighted by Crippen LogP contribution is -2.48. The number of amides is 2. The number of carboxylic acids is 1. The van der Waals surface area contributed by atoms with Crippen molar-refractivity contribution < 1.29 is 29.0 Å². The highest BCUT2D eigenvalue weighted by atomic mass is 32.1. The van der Waals surface area contributed by atoms with Crippen LogP contribution in [-0.4, -0.2) is 66.4 Å². The molecule has 1 aromatic heterocycles. The number of morpholine rings is 1. The van der Waals surface area contributed by atoms with Gasteiger partial charge in [-0.3, -0.25) is 4.79 Å². The number of aromatic carboxylic acids is 1. The van der Waals surface area contributed by atoms with Crippen LogP contribution in [0, 0.1) is 11.8 Å². The number of allylic oxidation sites excluding steroid dienone is 2. The number of anilines is 1. The van der Waals surface area contributed by atoms with Gasteiger partial charge in [0, 0.05) is 29.9 Å². The molecule has 0 aromatic carbocycles. The van der Waals surface area contributed by atoms with Gasteiger partial charge in [-0.25, -0.2) is 9.59 Å². The van der Waals surface area contributed by atoms with Gasteiger partial charge in [-0.15, -0.1) is 11.3 Å². The molecule has 2 amide bonds. The van der Waals surface area contributed by atoms with Crippen LogP contribution in [-0.2, 0) is 14.3 Å². The normalized spacial score (nSPS) is 27.9. The van der Waals surface area contributed by atoms with E-state index in [4.69, 9.17) is 9.47 Å². The van der Waals surface area contributed by atoms with Gasteiger partial charge >= 0.3 is 12.1 Å². The van der Waals surface area contributed by atoms with Crippen LogP contribution in [0.15, 0.2) is 12.1 Å². The topological polar surface area (TPSA) is 96.4 Å². The van der Waals surface area contributed by atoms with Gasteiger partial charge < -0.3 is 24.4 Å². The summed E-state index contributed by atoms with van der Waals surface area (Å²) in [6, 6.07) is 1.87. The zero-order chi connectivity index (χ0) is 27.4. The smallest absolute Gasteiger partial charge is 0.410 e. The van der Waals surface area contributed by atoms with Gasteiger partial charge in [-0.05, 0) is 94.6 Å². The summed E-state index contributed by atoms with van der Waals surface area (Å²) < 4.78 is 11.2. The Bertz CT molecular complexity index is 1060. The van der Waals surface area contributed by atoms with E-state index in [1.807, 2.05) is 11.0 Å². The molecule has 0 spiro atoms. The van der Waals surface area contributed by atoms with E-state index in [0.29, 0.717) is 63.6 Å². The van der Waals surface area contributed by atoms with Gasteiger partial charge in [-0.1, -0.05) is 13.0 Å². The largest absolute Gasteiger partial charge is 0.477 e. The summed E-state index contributed by atoms with van der Waals surface area (Å²) in [5, 5.41) is 10.2. The van der Waals surface area contributed by atoms with E-state index in [9.17, 15) is 19.5 Å². The minimum Gasteiger partial charge on any atom is -0.477 e. The van der Waals surface area contributed by atoms with Gasteiger partial charge in [0.2, 0.25) is 5.91 Å². The SMILES string of the molecule is C[C@H]1CC[C@H](C(=O)N(c2cc(C3=CCCCC3)sc2C(=O)O)C2CCC(OC(=O)N3CCOCC3)CC2)CC1. The van der Waals surface area contributed by atoms with Crippen molar-refractivity contribution in [1.29, 1.82) is 0 Å². The highest BCUT2D eigenvalue weighted by Gasteiger charge is 2.38. The maximum Gasteiger partial charge on any atom is 0.410 e. The van der Waals surface area contributed by atoms with E-state index < -0.39 is 5.97 Å². The van der Waals surface area contributed by atoms with E-state index in [2.05, 4.69) is 13.0 Å². The predicted molar refractivity (Wildman–Crippen MR) is 151 cm³/mol. The molecule has 1 saturated heterocycles. The van der Waals surface area contributed by atoms with Crippen molar-refractivity contribution in [3.63, 3.8) is 0 Å². The van der Waals surface area contributed by atoms with Crippen molar-refractivity contribution in [3.8, 4) is 0 Å². The Morgan fingerprint density at radius 2 is 1.74 bits per heavy atom. The fraction of sp³-hybridized carbons (Fsp3) is 0.700. The summed E-state index contributed by atoms with van der Waals surface area (Å²) in [7, 11) is 0. The Kier molecular flexibility index (Phi) is 9.28. The first-order valence-corrected chi connectivity index (χ1v) is 15.6. The zero-order valence-electron chi connectivity index (χ0n) is 23.1. The molecule has 0 unspecified atom stereocenters. The lowest BCUT2D eigenvalue weighted by molar-refractivity contribution is -0.124. The second-order valence-corrected chi connectivity index (χ2v) is 12.7. The molecule has 1 aromatic rings. The molecule has 3 aliphatic carbocycles. The maximum absolute atomic E-state index is 14.1. The quantitative estimate of drug-likeness (QED) is 0.438.